The third kappa shape index (κ3) is 15.1. The first-order valence-electron chi connectivity index (χ1n) is 11.5. The average molecular weight is 573 g/mol. The van der Waals surface area contributed by atoms with Crippen molar-refractivity contribution in [1.82, 2.24) is 0 Å². The van der Waals surface area contributed by atoms with Crippen LogP contribution < -0.4 is 4.74 Å². The molecule has 0 aliphatic heterocycles. The van der Waals surface area contributed by atoms with Crippen LogP contribution in [0.3, 0.4) is 0 Å². The predicted molar refractivity (Wildman–Crippen MR) is 151 cm³/mol. The Morgan fingerprint density at radius 2 is 1.36 bits per heavy atom. The zero-order valence-corrected chi connectivity index (χ0v) is 22.9. The lowest BCUT2D eigenvalue weighted by Gasteiger charge is -2.21. The molecule has 0 fully saturated rings. The molecule has 0 saturated heterocycles. The van der Waals surface area contributed by atoms with Gasteiger partial charge in [0, 0.05) is 28.0 Å². The van der Waals surface area contributed by atoms with Gasteiger partial charge in [-0.3, -0.25) is 9.59 Å². The van der Waals surface area contributed by atoms with Crippen molar-refractivity contribution in [3.63, 3.8) is 0 Å². The normalized spacial score (nSPS) is 10.3. The van der Waals surface area contributed by atoms with E-state index in [1.54, 1.807) is 53.9 Å². The standard InChI is InChI=1S/C10H11ClO3.C10H10O3.C9H8O2S/c1-10(2,9(12)13)14-8-5-3-7(11)4-6-8;11-9(6-7-10(12)13)8-4-2-1-3-5-8;10-9(11)6-7-12-8-4-2-1-3-5-8/h3-6H,1-2H3,(H,12,13);1-5H,6-7H2,(H,12,13);1-7H,(H,10,11). The molecule has 0 aliphatic rings. The fraction of sp³-hybridized carbons (Fsp3) is 0.172. The molecule has 0 saturated carbocycles. The minimum Gasteiger partial charge on any atom is -0.481 e. The molecule has 3 aromatic carbocycles. The Hall–Kier alpha value is -4.08. The van der Waals surface area contributed by atoms with Crippen molar-refractivity contribution >= 4 is 47.1 Å². The second-order valence-electron chi connectivity index (χ2n) is 8.13. The van der Waals surface area contributed by atoms with Crippen LogP contribution in [0.5, 0.6) is 5.75 Å². The first-order valence-corrected chi connectivity index (χ1v) is 12.8. The number of thioether (sulfide) groups is 1. The highest BCUT2D eigenvalue weighted by molar-refractivity contribution is 8.02. The molecule has 0 bridgehead atoms. The molecular formula is C29H29ClO8S. The summed E-state index contributed by atoms with van der Waals surface area (Å²) < 4.78 is 5.26. The number of hydrogen-bond acceptors (Lipinski definition) is 6. The fourth-order valence-electron chi connectivity index (χ4n) is 2.50. The van der Waals surface area contributed by atoms with Crippen LogP contribution in [0.4, 0.5) is 0 Å². The number of ketones is 1. The number of halogens is 1. The summed E-state index contributed by atoms with van der Waals surface area (Å²) >= 11 is 7.06. The van der Waals surface area contributed by atoms with Gasteiger partial charge in [0.05, 0.1) is 6.42 Å². The van der Waals surface area contributed by atoms with Gasteiger partial charge in [-0.25, -0.2) is 9.59 Å². The number of Topliss-reactive ketones (excluding diaryl/α,β-unsaturated/α-hetero) is 1. The number of hydrogen-bond donors (Lipinski definition) is 3. The van der Waals surface area contributed by atoms with E-state index in [1.807, 2.05) is 36.4 Å². The van der Waals surface area contributed by atoms with Gasteiger partial charge in [-0.2, -0.15) is 0 Å². The zero-order valence-electron chi connectivity index (χ0n) is 21.3. The van der Waals surface area contributed by atoms with E-state index < -0.39 is 23.5 Å². The maximum Gasteiger partial charge on any atom is 0.347 e. The summed E-state index contributed by atoms with van der Waals surface area (Å²) in [6.07, 6.45) is 1.09. The van der Waals surface area contributed by atoms with Crippen LogP contribution in [0.2, 0.25) is 5.02 Å². The van der Waals surface area contributed by atoms with Crippen molar-refractivity contribution < 1.29 is 39.2 Å². The van der Waals surface area contributed by atoms with Crippen molar-refractivity contribution in [1.29, 1.82) is 0 Å². The van der Waals surface area contributed by atoms with Gasteiger partial charge in [0.15, 0.2) is 11.4 Å². The lowest BCUT2D eigenvalue weighted by Crippen LogP contribution is -2.37. The van der Waals surface area contributed by atoms with Crippen LogP contribution in [0.25, 0.3) is 0 Å². The Morgan fingerprint density at radius 3 is 1.85 bits per heavy atom. The second kappa shape index (κ2) is 17.4. The van der Waals surface area contributed by atoms with Crippen molar-refractivity contribution in [3.8, 4) is 5.75 Å². The van der Waals surface area contributed by atoms with E-state index in [2.05, 4.69) is 0 Å². The van der Waals surface area contributed by atoms with E-state index in [0.29, 0.717) is 16.3 Å². The second-order valence-corrected chi connectivity index (χ2v) is 9.54. The summed E-state index contributed by atoms with van der Waals surface area (Å²) in [6, 6.07) is 24.9. The topological polar surface area (TPSA) is 138 Å². The molecule has 0 heterocycles. The highest BCUT2D eigenvalue weighted by Gasteiger charge is 2.29. The summed E-state index contributed by atoms with van der Waals surface area (Å²) in [5, 5.41) is 27.6. The lowest BCUT2D eigenvalue weighted by atomic mass is 10.1. The molecule has 0 radical (unpaired) electrons. The first kappa shape index (κ1) is 32.9. The Balaban J connectivity index is 0.000000293. The summed E-state index contributed by atoms with van der Waals surface area (Å²) in [6.45, 7) is 2.98. The molecule has 3 aromatic rings. The zero-order chi connectivity index (χ0) is 29.3. The lowest BCUT2D eigenvalue weighted by molar-refractivity contribution is -0.152. The minimum atomic E-state index is -1.23. The first-order chi connectivity index (χ1) is 18.4. The van der Waals surface area contributed by atoms with Crippen LogP contribution in [0.15, 0.2) is 101 Å². The Kier molecular flexibility index (Phi) is 14.7. The van der Waals surface area contributed by atoms with Crippen molar-refractivity contribution in [2.24, 2.45) is 0 Å². The van der Waals surface area contributed by atoms with E-state index in [0.717, 1.165) is 11.0 Å². The molecule has 3 rings (SSSR count). The van der Waals surface area contributed by atoms with Crippen LogP contribution in [-0.2, 0) is 14.4 Å². The van der Waals surface area contributed by atoms with Crippen LogP contribution in [0, 0.1) is 0 Å². The summed E-state index contributed by atoms with van der Waals surface area (Å²) in [7, 11) is 0. The van der Waals surface area contributed by atoms with Gasteiger partial charge in [-0.15, -0.1) is 0 Å². The van der Waals surface area contributed by atoms with Gasteiger partial charge in [0.1, 0.15) is 5.75 Å². The van der Waals surface area contributed by atoms with Gasteiger partial charge < -0.3 is 20.1 Å². The van der Waals surface area contributed by atoms with Gasteiger partial charge in [0.2, 0.25) is 0 Å². The summed E-state index contributed by atoms with van der Waals surface area (Å²) in [5.41, 5.74) is -0.655. The third-order valence-corrected chi connectivity index (χ3v) is 5.59. The quantitative estimate of drug-likeness (QED) is 0.138. The number of carboxylic acid groups (broad SMARTS) is 3. The maximum absolute atomic E-state index is 11.3. The minimum absolute atomic E-state index is 0.0688. The number of carbonyl (C=O) groups is 4. The van der Waals surface area contributed by atoms with Gasteiger partial charge in [-0.05, 0) is 55.7 Å². The molecule has 3 N–H and O–H groups in total. The van der Waals surface area contributed by atoms with Crippen LogP contribution in [-0.4, -0.2) is 44.6 Å². The van der Waals surface area contributed by atoms with Gasteiger partial charge in [0.25, 0.3) is 0 Å². The van der Waals surface area contributed by atoms with Crippen molar-refractivity contribution in [2.75, 3.05) is 0 Å². The van der Waals surface area contributed by atoms with E-state index in [4.69, 9.17) is 31.7 Å². The number of carbonyl (C=O) groups excluding carboxylic acids is 1. The monoisotopic (exact) mass is 572 g/mol. The summed E-state index contributed by atoms with van der Waals surface area (Å²) in [5.74, 6) is -2.50. The Bertz CT molecular complexity index is 1230. The largest absolute Gasteiger partial charge is 0.481 e. The fourth-order valence-corrected chi connectivity index (χ4v) is 3.28. The van der Waals surface area contributed by atoms with E-state index in [9.17, 15) is 19.2 Å². The molecule has 0 aromatic heterocycles. The molecule has 0 aliphatic carbocycles. The van der Waals surface area contributed by atoms with Gasteiger partial charge in [-0.1, -0.05) is 71.9 Å². The maximum atomic E-state index is 11.3. The smallest absolute Gasteiger partial charge is 0.347 e. The van der Waals surface area contributed by atoms with E-state index in [1.165, 1.54) is 25.6 Å². The number of rotatable bonds is 10. The molecule has 0 atom stereocenters. The molecule has 0 spiro atoms. The molecule has 0 unspecified atom stereocenters. The molecule has 206 valence electrons. The number of carboxylic acids is 3. The van der Waals surface area contributed by atoms with Crippen LogP contribution >= 0.6 is 23.4 Å². The predicted octanol–water partition coefficient (Wildman–Crippen LogP) is 6.69. The molecule has 10 heteroatoms. The number of ether oxygens (including phenoxy) is 1. The molecular weight excluding hydrogens is 544 g/mol. The molecule has 39 heavy (non-hydrogen) atoms. The highest BCUT2D eigenvalue weighted by atomic mass is 35.5. The Morgan fingerprint density at radius 1 is 0.821 bits per heavy atom. The average Bonchev–Trinajstić information content (AvgIpc) is 2.90. The number of aliphatic carboxylic acids is 3. The van der Waals surface area contributed by atoms with E-state index in [-0.39, 0.29) is 18.6 Å². The third-order valence-electron chi connectivity index (χ3n) is 4.52. The SMILES string of the molecule is CC(C)(Oc1ccc(Cl)cc1)C(=O)O.O=C(O)C=CSc1ccccc1.O=C(O)CCC(=O)c1ccccc1. The highest BCUT2D eigenvalue weighted by Crippen LogP contribution is 2.21. The van der Waals surface area contributed by atoms with E-state index >= 15 is 0 Å². The van der Waals surface area contributed by atoms with Crippen molar-refractivity contribution in [2.45, 2.75) is 37.2 Å². The molecule has 0 amide bonds. The van der Waals surface area contributed by atoms with Crippen molar-refractivity contribution in [3.05, 3.63) is 107 Å². The summed E-state index contributed by atoms with van der Waals surface area (Å²) in [4.78, 5) is 43.3. The Labute approximate surface area is 235 Å². The van der Waals surface area contributed by atoms with Gasteiger partial charge >= 0.3 is 17.9 Å². The van der Waals surface area contributed by atoms with Crippen LogP contribution in [0.1, 0.15) is 37.0 Å². The number of benzene rings is 3. The molecule has 8 nitrogen and oxygen atoms in total.